The van der Waals surface area contributed by atoms with Gasteiger partial charge >= 0.3 is 0 Å². The predicted molar refractivity (Wildman–Crippen MR) is 108 cm³/mol. The number of aromatic amines is 1. The van der Waals surface area contributed by atoms with Crippen LogP contribution in [0.1, 0.15) is 20.8 Å². The molecule has 3 aromatic rings. The van der Waals surface area contributed by atoms with Crippen molar-refractivity contribution in [2.75, 3.05) is 18.0 Å². The molecule has 0 amide bonds. The molecule has 1 aliphatic rings. The topological polar surface area (TPSA) is 103 Å². The summed E-state index contributed by atoms with van der Waals surface area (Å²) in [5, 5.41) is 29.4. The van der Waals surface area contributed by atoms with E-state index in [1.165, 1.54) is 0 Å². The van der Waals surface area contributed by atoms with Gasteiger partial charge in [-0.3, -0.25) is 5.10 Å². The van der Waals surface area contributed by atoms with Gasteiger partial charge in [0.25, 0.3) is 0 Å². The average Bonchev–Trinajstić information content (AvgIpc) is 3.22. The largest absolute Gasteiger partial charge is 0.507 e. The molecule has 3 N–H and O–H groups in total. The van der Waals surface area contributed by atoms with Gasteiger partial charge in [-0.25, -0.2) is 4.98 Å². The van der Waals surface area contributed by atoms with Crippen LogP contribution in [0, 0.1) is 5.92 Å². The van der Waals surface area contributed by atoms with E-state index < -0.39 is 0 Å². The molecule has 0 bridgehead atoms. The lowest BCUT2D eigenvalue weighted by atomic mass is 10.00. The third-order valence-corrected chi connectivity index (χ3v) is 5.15. The summed E-state index contributed by atoms with van der Waals surface area (Å²) in [6.45, 7) is 8.30. The molecule has 28 heavy (non-hydrogen) atoms. The zero-order valence-corrected chi connectivity index (χ0v) is 16.3. The number of piperazine rings is 1. The molecule has 0 radical (unpaired) electrons. The number of hydrogen-bond acceptors (Lipinski definition) is 7. The second-order valence-corrected chi connectivity index (χ2v) is 7.69. The van der Waals surface area contributed by atoms with Crippen LogP contribution in [0.5, 0.6) is 5.75 Å². The minimum absolute atomic E-state index is 0.137. The minimum atomic E-state index is 0.137. The Morgan fingerprint density at radius 1 is 1.14 bits per heavy atom. The molecule has 8 heteroatoms. The molecule has 1 aliphatic heterocycles. The van der Waals surface area contributed by atoms with Crippen molar-refractivity contribution in [3.63, 3.8) is 0 Å². The fourth-order valence-electron chi connectivity index (χ4n) is 3.55. The van der Waals surface area contributed by atoms with Gasteiger partial charge in [-0.05, 0) is 30.5 Å². The lowest BCUT2D eigenvalue weighted by molar-refractivity contribution is 0.319. The van der Waals surface area contributed by atoms with Gasteiger partial charge in [0.1, 0.15) is 11.4 Å². The fraction of sp³-hybridized carbons (Fsp3) is 0.400. The quantitative estimate of drug-likeness (QED) is 0.640. The minimum Gasteiger partial charge on any atom is -0.507 e. The number of phenolic OH excluding ortho intramolecular Hbond substituents is 1. The van der Waals surface area contributed by atoms with Crippen molar-refractivity contribution >= 4 is 5.95 Å². The molecular formula is C20H25N7O. The van der Waals surface area contributed by atoms with Crippen LogP contribution in [0.2, 0.25) is 0 Å². The highest BCUT2D eigenvalue weighted by Crippen LogP contribution is 2.32. The van der Waals surface area contributed by atoms with Gasteiger partial charge in [0.05, 0.1) is 12.4 Å². The molecule has 0 unspecified atom stereocenters. The fourth-order valence-corrected chi connectivity index (χ4v) is 3.55. The Kier molecular flexibility index (Phi) is 4.95. The van der Waals surface area contributed by atoms with Crippen molar-refractivity contribution in [2.24, 2.45) is 5.92 Å². The van der Waals surface area contributed by atoms with Gasteiger partial charge in [0.2, 0.25) is 5.95 Å². The van der Waals surface area contributed by atoms with Crippen LogP contribution in [0.25, 0.3) is 22.4 Å². The number of aromatic nitrogens is 5. The Hall–Kier alpha value is -3.00. The highest BCUT2D eigenvalue weighted by Gasteiger charge is 2.27. The average molecular weight is 379 g/mol. The smallest absolute Gasteiger partial charge is 0.245 e. The SMILES string of the molecule is CC(C)[C@H]1CN(c2ncc(-c3ccc(-c4cn[nH]c4)cc3O)nn2)C[C@@H](C)N1. The first-order chi connectivity index (χ1) is 13.5. The van der Waals surface area contributed by atoms with E-state index in [9.17, 15) is 5.11 Å². The van der Waals surface area contributed by atoms with Gasteiger partial charge in [-0.2, -0.15) is 5.10 Å². The van der Waals surface area contributed by atoms with Crippen LogP contribution < -0.4 is 10.2 Å². The van der Waals surface area contributed by atoms with Crippen molar-refractivity contribution in [3.8, 4) is 28.1 Å². The molecule has 2 atom stereocenters. The Labute approximate surface area is 164 Å². The maximum Gasteiger partial charge on any atom is 0.245 e. The maximum absolute atomic E-state index is 10.4. The lowest BCUT2D eigenvalue weighted by Crippen LogP contribution is -2.57. The zero-order chi connectivity index (χ0) is 19.7. The number of rotatable bonds is 4. The second kappa shape index (κ2) is 7.55. The molecule has 1 fully saturated rings. The Balaban J connectivity index is 1.55. The van der Waals surface area contributed by atoms with Crippen molar-refractivity contribution < 1.29 is 5.11 Å². The summed E-state index contributed by atoms with van der Waals surface area (Å²) in [6, 6.07) is 6.20. The number of nitrogens with zero attached hydrogens (tertiary/aromatic N) is 5. The van der Waals surface area contributed by atoms with Crippen LogP contribution in [-0.2, 0) is 0 Å². The van der Waals surface area contributed by atoms with Gasteiger partial charge < -0.3 is 15.3 Å². The van der Waals surface area contributed by atoms with E-state index in [0.717, 1.165) is 24.2 Å². The first-order valence-corrected chi connectivity index (χ1v) is 9.54. The highest BCUT2D eigenvalue weighted by atomic mass is 16.3. The lowest BCUT2D eigenvalue weighted by Gasteiger charge is -2.39. The van der Waals surface area contributed by atoms with Crippen LogP contribution in [0.4, 0.5) is 5.95 Å². The molecule has 4 rings (SSSR count). The molecule has 0 spiro atoms. The summed E-state index contributed by atoms with van der Waals surface area (Å²) in [7, 11) is 0. The standard InChI is InChI=1S/C20H25N7O/c1-12(2)18-11-27(10-13(3)24-18)20-21-9-17(25-26-20)16-5-4-14(6-19(16)28)15-7-22-23-8-15/h4-9,12-13,18,24,28H,10-11H2,1-3H3,(H,22,23)/t13-,18-/m1/s1. The van der Waals surface area contributed by atoms with Crippen LogP contribution in [-0.4, -0.2) is 55.7 Å². The van der Waals surface area contributed by atoms with E-state index in [-0.39, 0.29) is 5.75 Å². The molecule has 8 nitrogen and oxygen atoms in total. The number of nitrogens with one attached hydrogen (secondary N) is 2. The zero-order valence-electron chi connectivity index (χ0n) is 16.3. The summed E-state index contributed by atoms with van der Waals surface area (Å²) in [6.07, 6.45) is 5.17. The molecular weight excluding hydrogens is 354 g/mol. The van der Waals surface area contributed by atoms with E-state index in [0.29, 0.717) is 35.2 Å². The summed E-state index contributed by atoms with van der Waals surface area (Å²) in [5.74, 6) is 1.29. The van der Waals surface area contributed by atoms with E-state index in [1.54, 1.807) is 24.7 Å². The first-order valence-electron chi connectivity index (χ1n) is 9.54. The van der Waals surface area contributed by atoms with Crippen LogP contribution in [0.3, 0.4) is 0 Å². The van der Waals surface area contributed by atoms with Crippen molar-refractivity contribution in [2.45, 2.75) is 32.9 Å². The molecule has 0 saturated carbocycles. The third-order valence-electron chi connectivity index (χ3n) is 5.15. The first kappa shape index (κ1) is 18.4. The van der Waals surface area contributed by atoms with Crippen LogP contribution in [0.15, 0.2) is 36.8 Å². The van der Waals surface area contributed by atoms with Crippen molar-refractivity contribution in [1.29, 1.82) is 0 Å². The molecule has 0 aliphatic carbocycles. The maximum atomic E-state index is 10.4. The predicted octanol–water partition coefficient (Wildman–Crippen LogP) is 2.46. The number of benzene rings is 1. The summed E-state index contributed by atoms with van der Waals surface area (Å²) >= 11 is 0. The summed E-state index contributed by atoms with van der Waals surface area (Å²) < 4.78 is 0. The Bertz CT molecular complexity index is 924. The normalized spacial score (nSPS) is 19.9. The molecule has 1 aromatic carbocycles. The monoisotopic (exact) mass is 379 g/mol. The van der Waals surface area contributed by atoms with E-state index >= 15 is 0 Å². The summed E-state index contributed by atoms with van der Waals surface area (Å²) in [4.78, 5) is 6.69. The van der Waals surface area contributed by atoms with Crippen LogP contribution >= 0.6 is 0 Å². The number of hydrogen-bond donors (Lipinski definition) is 3. The number of anilines is 1. The number of phenols is 1. The third kappa shape index (κ3) is 3.68. The van der Waals surface area contributed by atoms with E-state index in [2.05, 4.69) is 56.4 Å². The van der Waals surface area contributed by atoms with E-state index in [1.807, 2.05) is 12.1 Å². The second-order valence-electron chi connectivity index (χ2n) is 7.69. The van der Waals surface area contributed by atoms with Gasteiger partial charge in [-0.1, -0.05) is 19.9 Å². The molecule has 3 heterocycles. The van der Waals surface area contributed by atoms with Gasteiger partial charge in [0, 0.05) is 42.5 Å². The number of aromatic hydroxyl groups is 1. The molecule has 2 aromatic heterocycles. The van der Waals surface area contributed by atoms with Gasteiger partial charge in [-0.15, -0.1) is 10.2 Å². The Morgan fingerprint density at radius 3 is 2.64 bits per heavy atom. The summed E-state index contributed by atoms with van der Waals surface area (Å²) in [5.41, 5.74) is 2.94. The molecule has 146 valence electrons. The van der Waals surface area contributed by atoms with Gasteiger partial charge in [0.15, 0.2) is 0 Å². The van der Waals surface area contributed by atoms with Crippen molar-refractivity contribution in [1.82, 2.24) is 30.7 Å². The molecule has 1 saturated heterocycles. The van der Waals surface area contributed by atoms with E-state index in [4.69, 9.17) is 0 Å². The van der Waals surface area contributed by atoms with Crippen molar-refractivity contribution in [3.05, 3.63) is 36.8 Å². The number of H-pyrrole nitrogens is 1. The Morgan fingerprint density at radius 2 is 2.00 bits per heavy atom. The highest BCUT2D eigenvalue weighted by molar-refractivity contribution is 5.73.